The van der Waals surface area contributed by atoms with Gasteiger partial charge in [0, 0.05) is 51.0 Å². The molecule has 7 nitrogen and oxygen atoms in total. The Balaban J connectivity index is 1.42. The molecule has 160 valence electrons. The number of carbonyl (C=O) groups excluding carboxylic acids is 2. The molecule has 1 fully saturated rings. The van der Waals surface area contributed by atoms with Crippen molar-refractivity contribution in [3.8, 4) is 11.1 Å². The number of amides is 3. The minimum absolute atomic E-state index is 0.0961. The largest absolute Gasteiger partial charge is 0.338 e. The fraction of sp³-hybridized carbons (Fsp3) is 0.391. The molecule has 0 unspecified atom stereocenters. The first kappa shape index (κ1) is 21.8. The number of nitrogens with zero attached hydrogens (tertiary/aromatic N) is 2. The molecule has 30 heavy (non-hydrogen) atoms. The van der Waals surface area contributed by atoms with E-state index < -0.39 is 0 Å². The first-order valence-electron chi connectivity index (χ1n) is 10.4. The van der Waals surface area contributed by atoms with E-state index in [1.54, 1.807) is 0 Å². The molecule has 3 amide bonds. The van der Waals surface area contributed by atoms with Crippen LogP contribution < -0.4 is 16.0 Å². The number of piperazine rings is 1. The average Bonchev–Trinajstić information content (AvgIpc) is 2.73. The van der Waals surface area contributed by atoms with Crippen LogP contribution in [0, 0.1) is 0 Å². The first-order valence-corrected chi connectivity index (χ1v) is 10.4. The first-order chi connectivity index (χ1) is 14.5. The van der Waals surface area contributed by atoms with Gasteiger partial charge in [-0.1, -0.05) is 24.3 Å². The van der Waals surface area contributed by atoms with E-state index in [0.29, 0.717) is 6.54 Å². The van der Waals surface area contributed by atoms with Crippen LogP contribution in [0.2, 0.25) is 0 Å². The van der Waals surface area contributed by atoms with Gasteiger partial charge in [0.2, 0.25) is 5.91 Å². The number of likely N-dealkylation sites (N-methyl/N-ethyl adjacent to an activating group) is 1. The molecule has 0 atom stereocenters. The molecule has 2 aromatic rings. The third-order valence-electron chi connectivity index (χ3n) is 5.19. The second kappa shape index (κ2) is 10.8. The smallest absolute Gasteiger partial charge is 0.319 e. The summed E-state index contributed by atoms with van der Waals surface area (Å²) in [5.74, 6) is -0.0961. The predicted molar refractivity (Wildman–Crippen MR) is 122 cm³/mol. The molecule has 1 aliphatic heterocycles. The quantitative estimate of drug-likeness (QED) is 0.615. The van der Waals surface area contributed by atoms with Crippen molar-refractivity contribution in [3.63, 3.8) is 0 Å². The summed E-state index contributed by atoms with van der Waals surface area (Å²) in [7, 11) is 2.15. The second-order valence-electron chi connectivity index (χ2n) is 7.72. The molecule has 2 aromatic carbocycles. The van der Waals surface area contributed by atoms with Crippen molar-refractivity contribution in [2.24, 2.45) is 0 Å². The van der Waals surface area contributed by atoms with Crippen LogP contribution in [0.1, 0.15) is 13.3 Å². The lowest BCUT2D eigenvalue weighted by atomic mass is 10.0. The summed E-state index contributed by atoms with van der Waals surface area (Å²) in [6.45, 7) is 7.59. The summed E-state index contributed by atoms with van der Waals surface area (Å²) >= 11 is 0. The SMILES string of the molecule is CC(=O)Nc1cccc(-c2ccc(NC(=O)NCCCN3CCN(C)CC3)cc2)c1. The summed E-state index contributed by atoms with van der Waals surface area (Å²) in [5.41, 5.74) is 3.52. The maximum Gasteiger partial charge on any atom is 0.319 e. The summed E-state index contributed by atoms with van der Waals surface area (Å²) in [4.78, 5) is 28.1. The number of urea groups is 1. The number of nitrogens with one attached hydrogen (secondary N) is 3. The Hall–Kier alpha value is -2.90. The lowest BCUT2D eigenvalue weighted by molar-refractivity contribution is -0.114. The van der Waals surface area contributed by atoms with Gasteiger partial charge >= 0.3 is 6.03 Å². The monoisotopic (exact) mass is 409 g/mol. The van der Waals surface area contributed by atoms with E-state index in [9.17, 15) is 9.59 Å². The van der Waals surface area contributed by atoms with Crippen molar-refractivity contribution in [2.75, 3.05) is 56.9 Å². The highest BCUT2D eigenvalue weighted by Crippen LogP contribution is 2.24. The highest BCUT2D eigenvalue weighted by atomic mass is 16.2. The Morgan fingerprint density at radius 3 is 2.33 bits per heavy atom. The Morgan fingerprint density at radius 2 is 1.63 bits per heavy atom. The fourth-order valence-corrected chi connectivity index (χ4v) is 3.48. The van der Waals surface area contributed by atoms with E-state index in [1.807, 2.05) is 48.5 Å². The number of anilines is 2. The topological polar surface area (TPSA) is 76.7 Å². The van der Waals surface area contributed by atoms with E-state index in [0.717, 1.165) is 61.6 Å². The van der Waals surface area contributed by atoms with Gasteiger partial charge in [0.1, 0.15) is 0 Å². The fourth-order valence-electron chi connectivity index (χ4n) is 3.48. The molecular weight excluding hydrogens is 378 g/mol. The third-order valence-corrected chi connectivity index (χ3v) is 5.19. The van der Waals surface area contributed by atoms with E-state index >= 15 is 0 Å². The zero-order chi connectivity index (χ0) is 21.3. The standard InChI is InChI=1S/C23H31N5O2/c1-18(29)25-22-6-3-5-20(17-22)19-7-9-21(10-8-19)26-23(30)24-11-4-12-28-15-13-27(2)14-16-28/h3,5-10,17H,4,11-16H2,1-2H3,(H,25,29)(H2,24,26,30). The van der Waals surface area contributed by atoms with Gasteiger partial charge in [-0.05, 0) is 55.4 Å². The van der Waals surface area contributed by atoms with Crippen LogP contribution in [0.3, 0.4) is 0 Å². The Labute approximate surface area is 178 Å². The minimum atomic E-state index is -0.186. The number of hydrogen-bond donors (Lipinski definition) is 3. The van der Waals surface area contributed by atoms with Crippen LogP contribution >= 0.6 is 0 Å². The number of hydrogen-bond acceptors (Lipinski definition) is 4. The lowest BCUT2D eigenvalue weighted by Crippen LogP contribution is -2.45. The molecule has 0 aromatic heterocycles. The number of carbonyl (C=O) groups is 2. The van der Waals surface area contributed by atoms with Crippen molar-refractivity contribution < 1.29 is 9.59 Å². The maximum absolute atomic E-state index is 12.1. The van der Waals surface area contributed by atoms with Crippen molar-refractivity contribution in [3.05, 3.63) is 48.5 Å². The van der Waals surface area contributed by atoms with E-state index in [-0.39, 0.29) is 11.9 Å². The van der Waals surface area contributed by atoms with Gasteiger partial charge in [0.15, 0.2) is 0 Å². The van der Waals surface area contributed by atoms with Crippen molar-refractivity contribution in [2.45, 2.75) is 13.3 Å². The van der Waals surface area contributed by atoms with E-state index in [2.05, 4.69) is 32.8 Å². The Bertz CT molecular complexity index is 845. The Morgan fingerprint density at radius 1 is 0.900 bits per heavy atom. The summed E-state index contributed by atoms with van der Waals surface area (Å²) < 4.78 is 0. The molecule has 0 spiro atoms. The molecule has 3 N–H and O–H groups in total. The van der Waals surface area contributed by atoms with Gasteiger partial charge in [0.25, 0.3) is 0 Å². The van der Waals surface area contributed by atoms with Gasteiger partial charge in [-0.3, -0.25) is 4.79 Å². The van der Waals surface area contributed by atoms with Crippen LogP contribution in [0.25, 0.3) is 11.1 Å². The van der Waals surface area contributed by atoms with Crippen LogP contribution in [-0.4, -0.2) is 68.1 Å². The van der Waals surface area contributed by atoms with Gasteiger partial charge in [-0.25, -0.2) is 4.79 Å². The lowest BCUT2D eigenvalue weighted by Gasteiger charge is -2.32. The van der Waals surface area contributed by atoms with Gasteiger partial charge < -0.3 is 25.8 Å². The molecule has 3 rings (SSSR count). The summed E-state index contributed by atoms with van der Waals surface area (Å²) in [5, 5.41) is 8.59. The highest BCUT2D eigenvalue weighted by Gasteiger charge is 2.13. The molecular formula is C23H31N5O2. The number of rotatable bonds is 7. The van der Waals surface area contributed by atoms with Crippen molar-refractivity contribution >= 4 is 23.3 Å². The summed E-state index contributed by atoms with van der Waals surface area (Å²) in [6, 6.07) is 15.2. The predicted octanol–water partition coefficient (Wildman–Crippen LogP) is 3.07. The highest BCUT2D eigenvalue weighted by molar-refractivity contribution is 5.90. The molecule has 1 saturated heterocycles. The Kier molecular flexibility index (Phi) is 7.82. The van der Waals surface area contributed by atoms with Crippen LogP contribution in [-0.2, 0) is 4.79 Å². The van der Waals surface area contributed by atoms with Gasteiger partial charge in [-0.15, -0.1) is 0 Å². The molecule has 0 saturated carbocycles. The van der Waals surface area contributed by atoms with Crippen LogP contribution in [0.5, 0.6) is 0 Å². The van der Waals surface area contributed by atoms with Gasteiger partial charge in [0.05, 0.1) is 0 Å². The average molecular weight is 410 g/mol. The van der Waals surface area contributed by atoms with E-state index in [4.69, 9.17) is 0 Å². The van der Waals surface area contributed by atoms with E-state index in [1.165, 1.54) is 6.92 Å². The molecule has 1 aliphatic rings. The maximum atomic E-state index is 12.1. The zero-order valence-corrected chi connectivity index (χ0v) is 17.8. The minimum Gasteiger partial charge on any atom is -0.338 e. The third kappa shape index (κ3) is 6.86. The van der Waals surface area contributed by atoms with Crippen LogP contribution in [0.4, 0.5) is 16.2 Å². The van der Waals surface area contributed by atoms with Gasteiger partial charge in [-0.2, -0.15) is 0 Å². The molecule has 1 heterocycles. The van der Waals surface area contributed by atoms with Crippen molar-refractivity contribution in [1.29, 1.82) is 0 Å². The zero-order valence-electron chi connectivity index (χ0n) is 17.8. The molecule has 0 bridgehead atoms. The normalized spacial score (nSPS) is 14.9. The van der Waals surface area contributed by atoms with Crippen LogP contribution in [0.15, 0.2) is 48.5 Å². The number of benzene rings is 2. The second-order valence-corrected chi connectivity index (χ2v) is 7.72. The summed E-state index contributed by atoms with van der Waals surface area (Å²) in [6.07, 6.45) is 0.945. The molecule has 7 heteroatoms. The molecule has 0 aliphatic carbocycles. The molecule has 0 radical (unpaired) electrons. The van der Waals surface area contributed by atoms with Crippen molar-refractivity contribution in [1.82, 2.24) is 15.1 Å².